The molecule has 5 heteroatoms. The van der Waals surface area contributed by atoms with Gasteiger partial charge in [0.05, 0.1) is 0 Å². The van der Waals surface area contributed by atoms with Crippen LogP contribution in [0.1, 0.15) is 83.1 Å². The van der Waals surface area contributed by atoms with E-state index in [4.69, 9.17) is 10.9 Å². The summed E-state index contributed by atoms with van der Waals surface area (Å²) in [6, 6.07) is 8.01. The maximum atomic E-state index is 12.4. The predicted octanol–water partition coefficient (Wildman–Crippen LogP) is 5.23. The van der Waals surface area contributed by atoms with Crippen molar-refractivity contribution in [3.8, 4) is 0 Å². The van der Waals surface area contributed by atoms with Gasteiger partial charge in [0.2, 0.25) is 5.91 Å². The van der Waals surface area contributed by atoms with Gasteiger partial charge in [-0.15, -0.1) is 0 Å². The van der Waals surface area contributed by atoms with Crippen LogP contribution in [0, 0.1) is 5.41 Å². The number of amidine groups is 1. The second-order valence-corrected chi connectivity index (χ2v) is 7.80. The highest BCUT2D eigenvalue weighted by Crippen LogP contribution is 2.46. The number of nitrogens with two attached hydrogens (primary N) is 1. The number of benzene rings is 1. The lowest BCUT2D eigenvalue weighted by Gasteiger charge is -2.14. The minimum atomic E-state index is -0.816. The summed E-state index contributed by atoms with van der Waals surface area (Å²) >= 11 is 0. The molecule has 1 aliphatic rings. The fourth-order valence-electron chi connectivity index (χ4n) is 3.47. The number of rotatable bonds is 13. The summed E-state index contributed by atoms with van der Waals surface area (Å²) < 4.78 is 0. The number of nitrogens with zero attached hydrogens (tertiary/aromatic N) is 1. The van der Waals surface area contributed by atoms with Crippen molar-refractivity contribution >= 4 is 17.4 Å². The van der Waals surface area contributed by atoms with Crippen LogP contribution in [-0.4, -0.2) is 17.0 Å². The molecule has 27 heavy (non-hydrogen) atoms. The number of hydrogen-bond donors (Lipinski definition) is 3. The highest BCUT2D eigenvalue weighted by molar-refractivity contribution is 6.14. The van der Waals surface area contributed by atoms with Crippen molar-refractivity contribution in [2.24, 2.45) is 16.3 Å². The van der Waals surface area contributed by atoms with Crippen LogP contribution in [0.5, 0.6) is 0 Å². The van der Waals surface area contributed by atoms with E-state index in [9.17, 15) is 4.79 Å². The lowest BCUT2D eigenvalue weighted by atomic mass is 10.0. The van der Waals surface area contributed by atoms with Gasteiger partial charge in [-0.1, -0.05) is 75.6 Å². The summed E-state index contributed by atoms with van der Waals surface area (Å²) in [5, 5.41) is 14.7. The number of carbonyl (C=O) groups is 1. The maximum Gasteiger partial charge on any atom is 0.238 e. The standard InChI is InChI=1S/C22H35N3O2/c1-2-3-4-5-6-7-8-9-10-11-18-12-14-19(15-13-18)24-21(26)22(16-17-22)20(23)25-27/h12-15,27H,2-11,16-17H2,1H3,(H2,23,25)(H,24,26). The van der Waals surface area contributed by atoms with Gasteiger partial charge in [-0.05, 0) is 43.4 Å². The van der Waals surface area contributed by atoms with E-state index in [1.54, 1.807) is 0 Å². The molecule has 1 aliphatic carbocycles. The molecular formula is C22H35N3O2. The van der Waals surface area contributed by atoms with E-state index >= 15 is 0 Å². The molecule has 2 rings (SSSR count). The molecule has 1 aromatic rings. The number of anilines is 1. The number of nitrogens with one attached hydrogen (secondary N) is 1. The van der Waals surface area contributed by atoms with E-state index in [0.29, 0.717) is 12.8 Å². The number of carbonyl (C=O) groups excluding carboxylic acids is 1. The Labute approximate surface area is 163 Å². The molecule has 0 aliphatic heterocycles. The van der Waals surface area contributed by atoms with Crippen LogP contribution >= 0.6 is 0 Å². The smallest absolute Gasteiger partial charge is 0.238 e. The predicted molar refractivity (Wildman–Crippen MR) is 111 cm³/mol. The lowest BCUT2D eigenvalue weighted by molar-refractivity contribution is -0.119. The Kier molecular flexibility index (Phi) is 8.62. The molecule has 5 nitrogen and oxygen atoms in total. The zero-order valence-electron chi connectivity index (χ0n) is 16.7. The van der Waals surface area contributed by atoms with E-state index in [0.717, 1.165) is 12.1 Å². The van der Waals surface area contributed by atoms with Crippen LogP contribution < -0.4 is 11.1 Å². The summed E-state index contributed by atoms with van der Waals surface area (Å²) in [7, 11) is 0. The number of amides is 1. The second-order valence-electron chi connectivity index (χ2n) is 7.80. The van der Waals surface area contributed by atoms with Gasteiger partial charge in [0.15, 0.2) is 5.84 Å². The first-order valence-electron chi connectivity index (χ1n) is 10.5. The van der Waals surface area contributed by atoms with Crippen LogP contribution in [0.3, 0.4) is 0 Å². The van der Waals surface area contributed by atoms with Crippen LogP contribution in [0.25, 0.3) is 0 Å². The van der Waals surface area contributed by atoms with Crippen molar-refractivity contribution in [2.75, 3.05) is 5.32 Å². The number of oxime groups is 1. The maximum absolute atomic E-state index is 12.4. The molecule has 0 spiro atoms. The van der Waals surface area contributed by atoms with E-state index in [-0.39, 0.29) is 11.7 Å². The average Bonchev–Trinajstić information content (AvgIpc) is 3.49. The lowest BCUT2D eigenvalue weighted by Crippen LogP contribution is -2.36. The molecule has 0 aromatic heterocycles. The van der Waals surface area contributed by atoms with Crippen molar-refractivity contribution in [3.63, 3.8) is 0 Å². The molecule has 0 bridgehead atoms. The zero-order chi connectivity index (χ0) is 19.5. The average molecular weight is 374 g/mol. The first-order chi connectivity index (χ1) is 13.1. The van der Waals surface area contributed by atoms with Gasteiger partial charge in [0, 0.05) is 5.69 Å². The van der Waals surface area contributed by atoms with Crippen LogP contribution in [0.4, 0.5) is 5.69 Å². The molecule has 0 atom stereocenters. The summed E-state index contributed by atoms with van der Waals surface area (Å²) in [6.45, 7) is 2.26. The molecule has 0 saturated heterocycles. The van der Waals surface area contributed by atoms with Gasteiger partial charge < -0.3 is 16.3 Å². The molecule has 4 N–H and O–H groups in total. The number of unbranched alkanes of at least 4 members (excludes halogenated alkanes) is 8. The van der Waals surface area contributed by atoms with Gasteiger partial charge in [-0.3, -0.25) is 4.79 Å². The van der Waals surface area contributed by atoms with Gasteiger partial charge >= 0.3 is 0 Å². The summed E-state index contributed by atoms with van der Waals surface area (Å²) in [5.41, 5.74) is 6.89. The molecule has 0 unspecified atom stereocenters. The van der Waals surface area contributed by atoms with Gasteiger partial charge in [-0.25, -0.2) is 0 Å². The van der Waals surface area contributed by atoms with Crippen molar-refractivity contribution in [2.45, 2.75) is 84.0 Å². The third kappa shape index (κ3) is 6.56. The van der Waals surface area contributed by atoms with Crippen molar-refractivity contribution in [3.05, 3.63) is 29.8 Å². The molecule has 0 heterocycles. The van der Waals surface area contributed by atoms with E-state index in [2.05, 4.69) is 29.5 Å². The van der Waals surface area contributed by atoms with Gasteiger partial charge in [-0.2, -0.15) is 0 Å². The second kappa shape index (κ2) is 11.0. The summed E-state index contributed by atoms with van der Waals surface area (Å²) in [6.07, 6.45) is 14.4. The zero-order valence-corrected chi connectivity index (χ0v) is 16.7. The quantitative estimate of drug-likeness (QED) is 0.145. The fourth-order valence-corrected chi connectivity index (χ4v) is 3.47. The Morgan fingerprint density at radius 2 is 1.59 bits per heavy atom. The van der Waals surface area contributed by atoms with Crippen molar-refractivity contribution in [1.29, 1.82) is 0 Å². The van der Waals surface area contributed by atoms with Gasteiger partial charge in [0.25, 0.3) is 0 Å². The largest absolute Gasteiger partial charge is 0.409 e. The third-order valence-corrected chi connectivity index (χ3v) is 5.56. The normalized spacial score (nSPS) is 15.5. The molecule has 1 amide bonds. The van der Waals surface area contributed by atoms with Gasteiger partial charge in [0.1, 0.15) is 5.41 Å². The Bertz CT molecular complexity index is 606. The van der Waals surface area contributed by atoms with Crippen molar-refractivity contribution in [1.82, 2.24) is 0 Å². The number of hydrogen-bond acceptors (Lipinski definition) is 3. The van der Waals surface area contributed by atoms with Crippen LogP contribution in [-0.2, 0) is 11.2 Å². The summed E-state index contributed by atoms with van der Waals surface area (Å²) in [5.74, 6) is -0.188. The molecule has 0 radical (unpaired) electrons. The van der Waals surface area contributed by atoms with Crippen LogP contribution in [0.15, 0.2) is 29.4 Å². The van der Waals surface area contributed by atoms with Crippen molar-refractivity contribution < 1.29 is 10.0 Å². The molecular weight excluding hydrogens is 338 g/mol. The van der Waals surface area contributed by atoms with Crippen LogP contribution in [0.2, 0.25) is 0 Å². The Balaban J connectivity index is 1.63. The Hall–Kier alpha value is -2.04. The molecule has 1 aromatic carbocycles. The monoisotopic (exact) mass is 373 g/mol. The van der Waals surface area contributed by atoms with E-state index in [1.165, 1.54) is 63.4 Å². The van der Waals surface area contributed by atoms with E-state index < -0.39 is 5.41 Å². The highest BCUT2D eigenvalue weighted by atomic mass is 16.4. The minimum absolute atomic E-state index is 0.00184. The molecule has 1 fully saturated rings. The van der Waals surface area contributed by atoms with E-state index in [1.807, 2.05) is 12.1 Å². The topological polar surface area (TPSA) is 87.7 Å². The molecule has 150 valence electrons. The Morgan fingerprint density at radius 1 is 1.04 bits per heavy atom. The SMILES string of the molecule is CCCCCCCCCCCc1ccc(NC(=O)C2(/C(N)=N/O)CC2)cc1. The summed E-state index contributed by atoms with van der Waals surface area (Å²) in [4.78, 5) is 12.4. The fraction of sp³-hybridized carbons (Fsp3) is 0.636. The number of aryl methyl sites for hydroxylation is 1. The Morgan fingerprint density at radius 3 is 2.11 bits per heavy atom. The highest BCUT2D eigenvalue weighted by Gasteiger charge is 2.54. The first kappa shape index (κ1) is 21.3. The minimum Gasteiger partial charge on any atom is -0.409 e. The third-order valence-electron chi connectivity index (χ3n) is 5.56. The molecule has 1 saturated carbocycles. The first-order valence-corrected chi connectivity index (χ1v) is 10.5.